The van der Waals surface area contributed by atoms with Crippen molar-refractivity contribution in [2.24, 2.45) is 5.92 Å². The first-order chi connectivity index (χ1) is 12.0. The van der Waals surface area contributed by atoms with Crippen LogP contribution in [0.1, 0.15) is 30.7 Å². The fourth-order valence-electron chi connectivity index (χ4n) is 3.59. The topological polar surface area (TPSA) is 61.9 Å². The summed E-state index contributed by atoms with van der Waals surface area (Å²) in [6, 6.07) is 8.22. The molecule has 3 amide bonds. The highest BCUT2D eigenvalue weighted by atomic mass is 16.5. The van der Waals surface area contributed by atoms with Crippen LogP contribution in [0.4, 0.5) is 4.79 Å². The van der Waals surface area contributed by atoms with E-state index in [2.05, 4.69) is 11.4 Å². The fourth-order valence-corrected chi connectivity index (χ4v) is 3.59. The van der Waals surface area contributed by atoms with Crippen LogP contribution >= 0.6 is 0 Å². The zero-order valence-corrected chi connectivity index (χ0v) is 15.2. The molecule has 1 N–H and O–H groups in total. The lowest BCUT2D eigenvalue weighted by molar-refractivity contribution is -0.126. The summed E-state index contributed by atoms with van der Waals surface area (Å²) in [7, 11) is 5.19. The largest absolute Gasteiger partial charge is 0.496 e. The summed E-state index contributed by atoms with van der Waals surface area (Å²) in [5.41, 5.74) is 1.17. The molecule has 0 aromatic heterocycles. The monoisotopic (exact) mass is 345 g/mol. The van der Waals surface area contributed by atoms with Gasteiger partial charge in [-0.2, -0.15) is 0 Å². The second-order valence-electron chi connectivity index (χ2n) is 7.14. The average molecular weight is 345 g/mol. The molecule has 0 spiro atoms. The highest BCUT2D eigenvalue weighted by Gasteiger charge is 2.42. The van der Waals surface area contributed by atoms with E-state index in [1.807, 2.05) is 23.1 Å². The molecule has 1 aliphatic carbocycles. The number of ether oxygens (including phenoxy) is 1. The molecule has 1 aromatic rings. The van der Waals surface area contributed by atoms with Crippen LogP contribution in [0.5, 0.6) is 5.75 Å². The SMILES string of the molecule is COc1ccccc1[C@H]1C[C@@H]1NC(=O)C1CCN(C(=O)N(C)C)CC1. The number of rotatable bonds is 4. The maximum Gasteiger partial charge on any atom is 0.319 e. The summed E-state index contributed by atoms with van der Waals surface area (Å²) < 4.78 is 5.42. The minimum absolute atomic E-state index is 0.00475. The van der Waals surface area contributed by atoms with Crippen molar-refractivity contribution in [2.45, 2.75) is 31.2 Å². The molecule has 0 unspecified atom stereocenters. The molecule has 3 rings (SSSR count). The molecular formula is C19H27N3O3. The number of amides is 3. The van der Waals surface area contributed by atoms with Crippen LogP contribution in [-0.4, -0.2) is 62.1 Å². The summed E-state index contributed by atoms with van der Waals surface area (Å²) in [5.74, 6) is 1.36. The number of urea groups is 1. The lowest BCUT2D eigenvalue weighted by Crippen LogP contribution is -2.46. The third kappa shape index (κ3) is 3.89. The van der Waals surface area contributed by atoms with E-state index in [0.29, 0.717) is 19.0 Å². The Balaban J connectivity index is 1.49. The third-order valence-corrected chi connectivity index (χ3v) is 5.18. The summed E-state index contributed by atoms with van der Waals surface area (Å²) in [5, 5.41) is 3.18. The Labute approximate surface area is 149 Å². The molecule has 1 aromatic carbocycles. The van der Waals surface area contributed by atoms with Crippen molar-refractivity contribution in [3.05, 3.63) is 29.8 Å². The lowest BCUT2D eigenvalue weighted by Gasteiger charge is -2.33. The number of nitrogens with one attached hydrogen (secondary N) is 1. The standard InChI is InChI=1S/C19H27N3O3/c1-21(2)19(24)22-10-8-13(9-11-22)18(23)20-16-12-15(16)14-6-4-5-7-17(14)25-3/h4-7,13,15-16H,8-12H2,1-3H3,(H,20,23)/t15-,16+/m1/s1. The summed E-state index contributed by atoms with van der Waals surface area (Å²) in [4.78, 5) is 27.9. The molecule has 6 heteroatoms. The van der Waals surface area contributed by atoms with Crippen LogP contribution in [0.2, 0.25) is 0 Å². The number of carbonyl (C=O) groups excluding carboxylic acids is 2. The Hall–Kier alpha value is -2.24. The van der Waals surface area contributed by atoms with Gasteiger partial charge >= 0.3 is 6.03 Å². The van der Waals surface area contributed by atoms with Gasteiger partial charge in [0.15, 0.2) is 0 Å². The van der Waals surface area contributed by atoms with E-state index in [9.17, 15) is 9.59 Å². The first kappa shape index (κ1) is 17.6. The van der Waals surface area contributed by atoms with Crippen molar-refractivity contribution in [2.75, 3.05) is 34.3 Å². The van der Waals surface area contributed by atoms with Crippen molar-refractivity contribution >= 4 is 11.9 Å². The molecule has 2 aliphatic rings. The van der Waals surface area contributed by atoms with Crippen LogP contribution in [0.25, 0.3) is 0 Å². The average Bonchev–Trinajstić information content (AvgIpc) is 3.39. The highest BCUT2D eigenvalue weighted by Crippen LogP contribution is 2.44. The van der Waals surface area contributed by atoms with Crippen LogP contribution < -0.4 is 10.1 Å². The Morgan fingerprint density at radius 2 is 1.88 bits per heavy atom. The van der Waals surface area contributed by atoms with Crippen LogP contribution in [0, 0.1) is 5.92 Å². The van der Waals surface area contributed by atoms with Gasteiger partial charge in [-0.3, -0.25) is 4.79 Å². The van der Waals surface area contributed by atoms with Gasteiger partial charge in [-0.15, -0.1) is 0 Å². The van der Waals surface area contributed by atoms with E-state index < -0.39 is 0 Å². The predicted molar refractivity (Wildman–Crippen MR) is 95.7 cm³/mol. The molecule has 0 radical (unpaired) electrons. The van der Waals surface area contributed by atoms with Crippen molar-refractivity contribution in [1.29, 1.82) is 0 Å². The maximum atomic E-state index is 12.5. The number of piperidine rings is 1. The van der Waals surface area contributed by atoms with Gasteiger partial charge in [0.2, 0.25) is 5.91 Å². The maximum absolute atomic E-state index is 12.5. The van der Waals surface area contributed by atoms with Gasteiger partial charge in [0, 0.05) is 45.1 Å². The Kier molecular flexibility index (Phi) is 5.16. The summed E-state index contributed by atoms with van der Waals surface area (Å²) >= 11 is 0. The van der Waals surface area contributed by atoms with Gasteiger partial charge in [-0.1, -0.05) is 18.2 Å². The number of nitrogens with zero attached hydrogens (tertiary/aromatic N) is 2. The molecule has 2 atom stereocenters. The Morgan fingerprint density at radius 3 is 2.52 bits per heavy atom. The normalized spacial score (nSPS) is 23.1. The number of likely N-dealkylation sites (tertiary alicyclic amines) is 1. The van der Waals surface area contributed by atoms with E-state index >= 15 is 0 Å². The first-order valence-electron chi connectivity index (χ1n) is 8.90. The van der Waals surface area contributed by atoms with Crippen LogP contribution in [0.3, 0.4) is 0 Å². The van der Waals surface area contributed by atoms with Gasteiger partial charge in [0.1, 0.15) is 5.75 Å². The summed E-state index contributed by atoms with van der Waals surface area (Å²) in [6.07, 6.45) is 2.43. The van der Waals surface area contributed by atoms with E-state index in [4.69, 9.17) is 4.74 Å². The van der Waals surface area contributed by atoms with Crippen LogP contribution in [0.15, 0.2) is 24.3 Å². The zero-order valence-electron chi connectivity index (χ0n) is 15.2. The smallest absolute Gasteiger partial charge is 0.319 e. The molecule has 136 valence electrons. The third-order valence-electron chi connectivity index (χ3n) is 5.18. The van der Waals surface area contributed by atoms with E-state index in [0.717, 1.165) is 25.0 Å². The van der Waals surface area contributed by atoms with Gasteiger partial charge in [0.25, 0.3) is 0 Å². The van der Waals surface area contributed by atoms with Crippen molar-refractivity contribution in [1.82, 2.24) is 15.1 Å². The molecular weight excluding hydrogens is 318 g/mol. The molecule has 1 heterocycles. The van der Waals surface area contributed by atoms with Crippen molar-refractivity contribution in [3.63, 3.8) is 0 Å². The lowest BCUT2D eigenvalue weighted by atomic mass is 9.96. The van der Waals surface area contributed by atoms with Crippen LogP contribution in [-0.2, 0) is 4.79 Å². The zero-order chi connectivity index (χ0) is 18.0. The molecule has 25 heavy (non-hydrogen) atoms. The minimum Gasteiger partial charge on any atom is -0.496 e. The Bertz CT molecular complexity index is 639. The highest BCUT2D eigenvalue weighted by molar-refractivity contribution is 5.80. The number of benzene rings is 1. The molecule has 0 bridgehead atoms. The van der Waals surface area contributed by atoms with Crippen molar-refractivity contribution in [3.8, 4) is 5.75 Å². The second kappa shape index (κ2) is 7.33. The number of carbonyl (C=O) groups is 2. The summed E-state index contributed by atoms with van der Waals surface area (Å²) in [6.45, 7) is 1.30. The van der Waals surface area contributed by atoms with E-state index in [1.165, 1.54) is 5.56 Å². The van der Waals surface area contributed by atoms with Gasteiger partial charge < -0.3 is 19.9 Å². The number of methoxy groups -OCH3 is 1. The van der Waals surface area contributed by atoms with Gasteiger partial charge in [-0.25, -0.2) is 4.79 Å². The number of hydrogen-bond acceptors (Lipinski definition) is 3. The molecule has 1 saturated heterocycles. The molecule has 6 nitrogen and oxygen atoms in total. The van der Waals surface area contributed by atoms with Crippen molar-refractivity contribution < 1.29 is 14.3 Å². The van der Waals surface area contributed by atoms with Gasteiger partial charge in [0.05, 0.1) is 7.11 Å². The molecule has 1 saturated carbocycles. The molecule has 1 aliphatic heterocycles. The number of hydrogen-bond donors (Lipinski definition) is 1. The quantitative estimate of drug-likeness (QED) is 0.909. The second-order valence-corrected chi connectivity index (χ2v) is 7.14. The van der Waals surface area contributed by atoms with Gasteiger partial charge in [-0.05, 0) is 30.9 Å². The van der Waals surface area contributed by atoms with E-state index in [1.54, 1.807) is 26.1 Å². The Morgan fingerprint density at radius 1 is 1.20 bits per heavy atom. The fraction of sp³-hybridized carbons (Fsp3) is 0.579. The predicted octanol–water partition coefficient (Wildman–Crippen LogP) is 2.06. The van der Waals surface area contributed by atoms with E-state index in [-0.39, 0.29) is 23.9 Å². The number of para-hydroxylation sites is 1. The first-order valence-corrected chi connectivity index (χ1v) is 8.90. The minimum atomic E-state index is 0.00475. The molecule has 2 fully saturated rings.